The highest BCUT2D eigenvalue weighted by Crippen LogP contribution is 2.21. The summed E-state index contributed by atoms with van der Waals surface area (Å²) in [5, 5.41) is 10.7. The lowest BCUT2D eigenvalue weighted by atomic mass is 10.3. The van der Waals surface area contributed by atoms with Crippen molar-refractivity contribution in [2.24, 2.45) is 7.05 Å². The number of ether oxygens (including phenoxy) is 1. The highest BCUT2D eigenvalue weighted by Gasteiger charge is 2.25. The van der Waals surface area contributed by atoms with Crippen molar-refractivity contribution in [3.8, 4) is 5.75 Å². The summed E-state index contributed by atoms with van der Waals surface area (Å²) in [4.78, 5) is 36.2. The Morgan fingerprint density at radius 1 is 1.16 bits per heavy atom. The van der Waals surface area contributed by atoms with E-state index in [1.165, 1.54) is 4.57 Å². The molecule has 0 bridgehead atoms. The minimum absolute atomic E-state index is 0.0659. The Morgan fingerprint density at radius 3 is 2.55 bits per heavy atom. The molecule has 1 aromatic carbocycles. The normalized spacial score (nSPS) is 16.0. The van der Waals surface area contributed by atoms with Crippen LogP contribution in [-0.4, -0.2) is 74.5 Å². The van der Waals surface area contributed by atoms with E-state index >= 15 is 0 Å². The van der Waals surface area contributed by atoms with Gasteiger partial charge in [0.25, 0.3) is 5.56 Å². The molecule has 0 unspecified atom stereocenters. The first-order valence-electron chi connectivity index (χ1n) is 10.5. The van der Waals surface area contributed by atoms with Crippen LogP contribution in [0.1, 0.15) is 6.92 Å². The average Bonchev–Trinajstić information content (AvgIpc) is 3.16. The van der Waals surface area contributed by atoms with Crippen molar-refractivity contribution in [1.82, 2.24) is 24.0 Å². The number of H-pyrrole nitrogens is 1. The number of benzene rings is 1. The summed E-state index contributed by atoms with van der Waals surface area (Å²) < 4.78 is 8.70. The van der Waals surface area contributed by atoms with E-state index in [4.69, 9.17) is 4.74 Å². The van der Waals surface area contributed by atoms with Crippen LogP contribution in [0.5, 0.6) is 5.75 Å². The molecule has 0 spiro atoms. The average molecular weight is 428 g/mol. The van der Waals surface area contributed by atoms with Crippen LogP contribution in [0.4, 0.5) is 5.95 Å². The van der Waals surface area contributed by atoms with Crippen LogP contribution < -0.4 is 20.9 Å². The number of para-hydroxylation sites is 1. The van der Waals surface area contributed by atoms with Gasteiger partial charge in [0, 0.05) is 33.2 Å². The molecular formula is C21H28N6O4. The van der Waals surface area contributed by atoms with Crippen LogP contribution >= 0.6 is 0 Å². The van der Waals surface area contributed by atoms with Gasteiger partial charge < -0.3 is 24.2 Å². The Kier molecular flexibility index (Phi) is 6.10. The van der Waals surface area contributed by atoms with Crippen molar-refractivity contribution in [1.29, 1.82) is 0 Å². The summed E-state index contributed by atoms with van der Waals surface area (Å²) in [7, 11) is 1.58. The largest absolute Gasteiger partial charge is 0.491 e. The van der Waals surface area contributed by atoms with Crippen molar-refractivity contribution in [2.75, 3.05) is 44.2 Å². The van der Waals surface area contributed by atoms with Gasteiger partial charge in [0.05, 0.1) is 6.54 Å². The van der Waals surface area contributed by atoms with E-state index in [1.54, 1.807) is 11.6 Å². The van der Waals surface area contributed by atoms with Crippen molar-refractivity contribution in [2.45, 2.75) is 19.6 Å². The molecule has 31 heavy (non-hydrogen) atoms. The number of aliphatic hydroxyl groups is 1. The van der Waals surface area contributed by atoms with Crippen LogP contribution in [0, 0.1) is 0 Å². The number of hydrogen-bond donors (Lipinski definition) is 2. The second kappa shape index (κ2) is 8.94. The molecule has 0 amide bonds. The maximum absolute atomic E-state index is 12.7. The first kappa shape index (κ1) is 21.1. The van der Waals surface area contributed by atoms with Crippen LogP contribution in [-0.2, 0) is 13.6 Å². The molecule has 0 radical (unpaired) electrons. The number of hydrogen-bond acceptors (Lipinski definition) is 7. The van der Waals surface area contributed by atoms with Crippen LogP contribution in [0.15, 0.2) is 39.9 Å². The number of aromatic amines is 1. The fraction of sp³-hybridized carbons (Fsp3) is 0.476. The molecule has 166 valence electrons. The Balaban J connectivity index is 1.65. The van der Waals surface area contributed by atoms with Gasteiger partial charge in [-0.2, -0.15) is 4.98 Å². The number of anilines is 1. The number of aryl methyl sites for hydroxylation is 1. The van der Waals surface area contributed by atoms with Gasteiger partial charge in [-0.3, -0.25) is 14.3 Å². The molecule has 2 N–H and O–H groups in total. The van der Waals surface area contributed by atoms with Crippen LogP contribution in [0.2, 0.25) is 0 Å². The lowest BCUT2D eigenvalue weighted by Gasteiger charge is -2.35. The highest BCUT2D eigenvalue weighted by molar-refractivity contribution is 5.74. The molecule has 10 nitrogen and oxygen atoms in total. The number of aromatic nitrogens is 4. The van der Waals surface area contributed by atoms with Gasteiger partial charge in [-0.1, -0.05) is 25.1 Å². The van der Waals surface area contributed by atoms with E-state index in [2.05, 4.69) is 26.7 Å². The zero-order chi connectivity index (χ0) is 22.0. The number of aliphatic hydroxyl groups excluding tert-OH is 1. The van der Waals surface area contributed by atoms with E-state index in [9.17, 15) is 14.7 Å². The molecule has 0 saturated carbocycles. The summed E-state index contributed by atoms with van der Waals surface area (Å²) in [5.41, 5.74) is -0.454. The molecule has 0 aliphatic carbocycles. The number of nitrogens with zero attached hydrogens (tertiary/aromatic N) is 5. The quantitative estimate of drug-likeness (QED) is 0.546. The number of imidazole rings is 1. The monoisotopic (exact) mass is 428 g/mol. The van der Waals surface area contributed by atoms with Gasteiger partial charge in [0.1, 0.15) is 18.5 Å². The third-order valence-electron chi connectivity index (χ3n) is 5.67. The molecule has 3 heterocycles. The Morgan fingerprint density at radius 2 is 1.87 bits per heavy atom. The van der Waals surface area contributed by atoms with E-state index in [-0.39, 0.29) is 18.7 Å². The molecule has 1 aliphatic rings. The highest BCUT2D eigenvalue weighted by atomic mass is 16.5. The smallest absolute Gasteiger partial charge is 0.329 e. The summed E-state index contributed by atoms with van der Waals surface area (Å²) in [6.07, 6.45) is -0.870. The van der Waals surface area contributed by atoms with E-state index in [0.29, 0.717) is 17.3 Å². The van der Waals surface area contributed by atoms with Crippen LogP contribution in [0.3, 0.4) is 0 Å². The molecule has 1 atom stereocenters. The summed E-state index contributed by atoms with van der Waals surface area (Å²) in [6, 6.07) is 9.25. The summed E-state index contributed by atoms with van der Waals surface area (Å²) >= 11 is 0. The van der Waals surface area contributed by atoms with Crippen molar-refractivity contribution < 1.29 is 9.84 Å². The second-order valence-corrected chi connectivity index (χ2v) is 7.71. The molecule has 1 fully saturated rings. The lowest BCUT2D eigenvalue weighted by molar-refractivity contribution is 0.0935. The number of piperazine rings is 1. The number of fused-ring (bicyclic) bond motifs is 1. The summed E-state index contributed by atoms with van der Waals surface area (Å²) in [5.74, 6) is 1.24. The van der Waals surface area contributed by atoms with Gasteiger partial charge in [-0.15, -0.1) is 0 Å². The molecular weight excluding hydrogens is 400 g/mol. The molecule has 1 aliphatic heterocycles. The number of rotatable bonds is 7. The van der Waals surface area contributed by atoms with E-state index < -0.39 is 17.4 Å². The van der Waals surface area contributed by atoms with Crippen molar-refractivity contribution in [3.63, 3.8) is 0 Å². The SMILES string of the molecule is CCN1CCN(c2nc3c(c(=O)[nH]c(=O)n3C)n2C[C@@H](O)COc2ccccc2)CC1. The summed E-state index contributed by atoms with van der Waals surface area (Å²) in [6.45, 7) is 6.56. The maximum Gasteiger partial charge on any atom is 0.329 e. The number of likely N-dealkylation sites (N-methyl/N-ethyl adjacent to an activating group) is 1. The third-order valence-corrected chi connectivity index (χ3v) is 5.67. The fourth-order valence-electron chi connectivity index (χ4n) is 3.87. The molecule has 1 saturated heterocycles. The predicted octanol–water partition coefficient (Wildman–Crippen LogP) is 0.00510. The van der Waals surface area contributed by atoms with E-state index in [0.717, 1.165) is 32.7 Å². The lowest BCUT2D eigenvalue weighted by Crippen LogP contribution is -2.47. The first-order chi connectivity index (χ1) is 15.0. The minimum Gasteiger partial charge on any atom is -0.491 e. The fourth-order valence-corrected chi connectivity index (χ4v) is 3.87. The zero-order valence-electron chi connectivity index (χ0n) is 17.8. The first-order valence-corrected chi connectivity index (χ1v) is 10.5. The molecule has 2 aromatic heterocycles. The van der Waals surface area contributed by atoms with Gasteiger partial charge in [-0.05, 0) is 18.7 Å². The van der Waals surface area contributed by atoms with Crippen LogP contribution in [0.25, 0.3) is 11.2 Å². The molecule has 3 aromatic rings. The van der Waals surface area contributed by atoms with Gasteiger partial charge >= 0.3 is 5.69 Å². The van der Waals surface area contributed by atoms with Gasteiger partial charge in [0.15, 0.2) is 11.2 Å². The molecule has 4 rings (SSSR count). The third kappa shape index (κ3) is 4.35. The minimum atomic E-state index is -0.870. The number of nitrogens with one attached hydrogen (secondary N) is 1. The predicted molar refractivity (Wildman–Crippen MR) is 118 cm³/mol. The van der Waals surface area contributed by atoms with Gasteiger partial charge in [0.2, 0.25) is 5.95 Å². The molecule has 10 heteroatoms. The second-order valence-electron chi connectivity index (χ2n) is 7.71. The Hall–Kier alpha value is -3.11. The standard InChI is InChI=1S/C21H28N6O4/c1-3-25-9-11-26(12-10-25)20-22-18-17(19(29)23-21(30)24(18)2)27(20)13-15(28)14-31-16-7-5-4-6-8-16/h4-8,15,28H,3,9-14H2,1-2H3,(H,23,29,30)/t15-/m1/s1. The maximum atomic E-state index is 12.7. The Bertz CT molecular complexity index is 1140. The topological polar surface area (TPSA) is 109 Å². The van der Waals surface area contributed by atoms with Crippen molar-refractivity contribution >= 4 is 17.1 Å². The Labute approximate surface area is 179 Å². The van der Waals surface area contributed by atoms with Crippen molar-refractivity contribution in [3.05, 3.63) is 51.2 Å². The zero-order valence-corrected chi connectivity index (χ0v) is 17.8. The van der Waals surface area contributed by atoms with Gasteiger partial charge in [-0.25, -0.2) is 4.79 Å². The van der Waals surface area contributed by atoms with E-state index in [1.807, 2.05) is 30.3 Å².